The Morgan fingerprint density at radius 3 is 1.67 bits per heavy atom. The molecule has 0 amide bonds. The number of aryl methyl sites for hydroxylation is 1. The van der Waals surface area contributed by atoms with Crippen molar-refractivity contribution in [1.29, 1.82) is 0 Å². The summed E-state index contributed by atoms with van der Waals surface area (Å²) in [6, 6.07) is 10.3. The van der Waals surface area contributed by atoms with Crippen molar-refractivity contribution in [2.24, 2.45) is 0 Å². The van der Waals surface area contributed by atoms with Crippen LogP contribution in [0.4, 0.5) is 4.79 Å². The second-order valence-electron chi connectivity index (χ2n) is 1.94. The number of carbonyl (C=O) groups is 1. The molecule has 62 valence electrons. The molecular weight excluding hydrogens is 167 g/mol. The van der Waals surface area contributed by atoms with E-state index >= 15 is 0 Å². The fraction of sp³-hybridized carbons (Fsp3) is 0.125. The summed E-state index contributed by atoms with van der Waals surface area (Å²) in [7, 11) is 0. The third-order valence-corrected chi connectivity index (χ3v) is 0.940. The van der Waals surface area contributed by atoms with Crippen LogP contribution in [0.3, 0.4) is 0 Å². The van der Waals surface area contributed by atoms with Gasteiger partial charge in [-0.05, 0) is 6.92 Å². The quantitative estimate of drug-likeness (QED) is 0.593. The van der Waals surface area contributed by atoms with Gasteiger partial charge in [0.1, 0.15) is 0 Å². The molecule has 3 nitrogen and oxygen atoms in total. The van der Waals surface area contributed by atoms with Crippen molar-refractivity contribution >= 4 is 35.7 Å². The number of hydrogen-bond donors (Lipinski definition) is 2. The molecule has 0 aromatic heterocycles. The Bertz CT molecular complexity index is 207. The first-order valence-corrected chi connectivity index (χ1v) is 3.06. The maximum absolute atomic E-state index is 8.56. The van der Waals surface area contributed by atoms with E-state index in [9.17, 15) is 0 Å². The van der Waals surface area contributed by atoms with Crippen LogP contribution in [0.5, 0.6) is 0 Å². The van der Waals surface area contributed by atoms with Crippen LogP contribution >= 0.6 is 0 Å². The molecule has 0 heterocycles. The molecule has 12 heavy (non-hydrogen) atoms. The fourth-order valence-corrected chi connectivity index (χ4v) is 0.534. The number of carboxylic acid groups (broad SMARTS) is 2. The van der Waals surface area contributed by atoms with Crippen LogP contribution < -0.4 is 0 Å². The topological polar surface area (TPSA) is 57.5 Å². The van der Waals surface area contributed by atoms with Crippen molar-refractivity contribution in [2.75, 3.05) is 0 Å². The third kappa shape index (κ3) is 12.2. The summed E-state index contributed by atoms with van der Waals surface area (Å²) in [6.45, 7) is 2.08. The molecule has 1 aromatic rings. The predicted octanol–water partition coefficient (Wildman–Crippen LogP) is 1.57. The third-order valence-electron chi connectivity index (χ3n) is 0.940. The molecule has 0 bridgehead atoms. The maximum atomic E-state index is 8.56. The molecule has 0 radical (unpaired) electrons. The van der Waals surface area contributed by atoms with Crippen molar-refractivity contribution < 1.29 is 15.0 Å². The first-order valence-electron chi connectivity index (χ1n) is 3.06. The Kier molecular flexibility index (Phi) is 10.0. The molecule has 4 heteroatoms. The Labute approximate surface area is 93.3 Å². The second-order valence-corrected chi connectivity index (χ2v) is 1.94. The molecule has 0 atom stereocenters. The molecule has 0 spiro atoms. The van der Waals surface area contributed by atoms with Gasteiger partial charge < -0.3 is 10.2 Å². The van der Waals surface area contributed by atoms with Crippen LogP contribution in [0.25, 0.3) is 0 Å². The molecule has 0 saturated heterocycles. The van der Waals surface area contributed by atoms with E-state index in [4.69, 9.17) is 15.0 Å². The summed E-state index contributed by atoms with van der Waals surface area (Å²) >= 11 is 0. The first kappa shape index (κ1) is 14.0. The Morgan fingerprint density at radius 1 is 1.17 bits per heavy atom. The molecule has 0 fully saturated rings. The summed E-state index contributed by atoms with van der Waals surface area (Å²) in [5.41, 5.74) is 1.32. The van der Waals surface area contributed by atoms with Gasteiger partial charge in [0.15, 0.2) is 0 Å². The molecule has 0 aliphatic heterocycles. The molecule has 0 unspecified atom stereocenters. The normalized spacial score (nSPS) is 7.08. The average Bonchev–Trinajstić information content (AvgIpc) is 1.87. The molecular formula is C8H11NaO3. The van der Waals surface area contributed by atoms with E-state index in [1.165, 1.54) is 5.56 Å². The van der Waals surface area contributed by atoms with Gasteiger partial charge in [-0.3, -0.25) is 0 Å². The van der Waals surface area contributed by atoms with Crippen molar-refractivity contribution in [1.82, 2.24) is 0 Å². The summed E-state index contributed by atoms with van der Waals surface area (Å²) < 4.78 is 0. The van der Waals surface area contributed by atoms with Gasteiger partial charge in [-0.1, -0.05) is 35.9 Å². The molecule has 2 N–H and O–H groups in total. The van der Waals surface area contributed by atoms with Crippen LogP contribution in [-0.2, 0) is 0 Å². The minimum absolute atomic E-state index is 0. The van der Waals surface area contributed by atoms with E-state index in [1.807, 2.05) is 18.2 Å². The number of hydrogen-bond acceptors (Lipinski definition) is 1. The Morgan fingerprint density at radius 2 is 1.50 bits per heavy atom. The molecule has 1 aromatic carbocycles. The minimum atomic E-state index is -1.83. The van der Waals surface area contributed by atoms with E-state index in [-0.39, 0.29) is 29.6 Å². The van der Waals surface area contributed by atoms with Crippen LogP contribution in [-0.4, -0.2) is 45.9 Å². The summed E-state index contributed by atoms with van der Waals surface area (Å²) in [5, 5.41) is 13.9. The Hall–Kier alpha value is -0.510. The van der Waals surface area contributed by atoms with Gasteiger partial charge in [0.05, 0.1) is 0 Å². The zero-order chi connectivity index (χ0) is 8.69. The fourth-order valence-electron chi connectivity index (χ4n) is 0.534. The summed E-state index contributed by atoms with van der Waals surface area (Å²) in [4.78, 5) is 8.56. The standard InChI is InChI=1S/C7H8.CH2O3.Na.H/c1-7-5-3-2-4-6-7;2-1(3)4;;/h2-6H,1H3;(H2,2,3,4);;. The van der Waals surface area contributed by atoms with Gasteiger partial charge in [-0.2, -0.15) is 0 Å². The summed E-state index contributed by atoms with van der Waals surface area (Å²) in [6.07, 6.45) is -1.83. The van der Waals surface area contributed by atoms with E-state index in [2.05, 4.69) is 19.1 Å². The van der Waals surface area contributed by atoms with Gasteiger partial charge in [0, 0.05) is 0 Å². The van der Waals surface area contributed by atoms with Crippen molar-refractivity contribution in [3.63, 3.8) is 0 Å². The molecule has 1 rings (SSSR count). The van der Waals surface area contributed by atoms with Crippen molar-refractivity contribution in [3.05, 3.63) is 35.9 Å². The average molecular weight is 178 g/mol. The molecule has 0 aliphatic carbocycles. The van der Waals surface area contributed by atoms with Crippen molar-refractivity contribution in [2.45, 2.75) is 6.92 Å². The van der Waals surface area contributed by atoms with Crippen LogP contribution in [0.2, 0.25) is 0 Å². The van der Waals surface area contributed by atoms with E-state index in [1.54, 1.807) is 0 Å². The number of benzene rings is 1. The number of rotatable bonds is 0. The van der Waals surface area contributed by atoms with Gasteiger partial charge in [0.2, 0.25) is 0 Å². The van der Waals surface area contributed by atoms with E-state index in [0.717, 1.165) is 0 Å². The van der Waals surface area contributed by atoms with E-state index < -0.39 is 6.16 Å². The van der Waals surface area contributed by atoms with Gasteiger partial charge >= 0.3 is 35.7 Å². The molecule has 0 aliphatic rings. The van der Waals surface area contributed by atoms with Crippen LogP contribution in [0, 0.1) is 6.92 Å². The van der Waals surface area contributed by atoms with Gasteiger partial charge in [-0.25, -0.2) is 4.79 Å². The zero-order valence-electron chi connectivity index (χ0n) is 6.19. The van der Waals surface area contributed by atoms with Gasteiger partial charge in [-0.15, -0.1) is 0 Å². The predicted molar refractivity (Wildman–Crippen MR) is 49.0 cm³/mol. The SMILES string of the molecule is Cc1ccccc1.O=C(O)O.[NaH]. The zero-order valence-corrected chi connectivity index (χ0v) is 6.19. The first-order chi connectivity index (χ1) is 5.13. The summed E-state index contributed by atoms with van der Waals surface area (Å²) in [5.74, 6) is 0. The molecule has 0 saturated carbocycles. The van der Waals surface area contributed by atoms with Crippen LogP contribution in [0.15, 0.2) is 30.3 Å². The van der Waals surface area contributed by atoms with Crippen LogP contribution in [0.1, 0.15) is 5.56 Å². The van der Waals surface area contributed by atoms with E-state index in [0.29, 0.717) is 0 Å². The van der Waals surface area contributed by atoms with Gasteiger partial charge in [0.25, 0.3) is 0 Å². The van der Waals surface area contributed by atoms with Crippen molar-refractivity contribution in [3.8, 4) is 0 Å². The Balaban J connectivity index is 0. The second kappa shape index (κ2) is 8.59. The monoisotopic (exact) mass is 178 g/mol.